The molecule has 0 fully saturated rings. The highest BCUT2D eigenvalue weighted by Crippen LogP contribution is 2.02. The van der Waals surface area contributed by atoms with Crippen LogP contribution in [0.25, 0.3) is 0 Å². The second-order valence-corrected chi connectivity index (χ2v) is 7.59. The van der Waals surface area contributed by atoms with Crippen molar-refractivity contribution in [3.05, 3.63) is 0 Å². The first kappa shape index (κ1) is 31.5. The molecule has 0 rings (SSSR count). The highest BCUT2D eigenvalue weighted by molar-refractivity contribution is 5.98. The Bertz CT molecular complexity index is 889. The number of primary amides is 3. The third kappa shape index (κ3) is 13.3. The van der Waals surface area contributed by atoms with E-state index in [1.807, 2.05) is 5.32 Å². The molecule has 16 N–H and O–H groups in total. The van der Waals surface area contributed by atoms with Gasteiger partial charge in [-0.15, -0.1) is 0 Å². The van der Waals surface area contributed by atoms with Gasteiger partial charge < -0.3 is 55.5 Å². The van der Waals surface area contributed by atoms with E-state index >= 15 is 0 Å². The van der Waals surface area contributed by atoms with E-state index in [2.05, 4.69) is 15.6 Å². The molecule has 4 atom stereocenters. The maximum atomic E-state index is 12.7. The zero-order valence-electron chi connectivity index (χ0n) is 19.3. The third-order valence-electron chi connectivity index (χ3n) is 4.40. The summed E-state index contributed by atoms with van der Waals surface area (Å²) in [5.74, 6) is -8.03. The molecule has 0 spiro atoms. The quantitative estimate of drug-likeness (QED) is 0.0492. The number of carboxylic acid groups (broad SMARTS) is 1. The molecule has 0 saturated heterocycles. The maximum Gasteiger partial charge on any atom is 0.326 e. The summed E-state index contributed by atoms with van der Waals surface area (Å²) in [6.45, 7) is 0.186. The lowest BCUT2D eigenvalue weighted by atomic mass is 10.1. The van der Waals surface area contributed by atoms with Crippen LogP contribution in [0.4, 0.5) is 0 Å². The second-order valence-electron chi connectivity index (χ2n) is 7.59. The highest BCUT2D eigenvalue weighted by atomic mass is 16.4. The van der Waals surface area contributed by atoms with Crippen LogP contribution in [0.2, 0.25) is 0 Å². The van der Waals surface area contributed by atoms with Crippen molar-refractivity contribution >= 4 is 47.4 Å². The number of aliphatic carboxylic acids is 1. The fourth-order valence-electron chi connectivity index (χ4n) is 2.70. The zero-order chi connectivity index (χ0) is 28.0. The fraction of sp³-hybridized carbons (Fsp3) is 0.556. The number of carbonyl (C=O) groups excluding carboxylic acids is 6. The molecule has 18 nitrogen and oxygen atoms in total. The molecule has 36 heavy (non-hydrogen) atoms. The summed E-state index contributed by atoms with van der Waals surface area (Å²) in [5, 5.41) is 15.4. The Balaban J connectivity index is 5.46. The average molecular weight is 517 g/mol. The predicted molar refractivity (Wildman–Crippen MR) is 123 cm³/mol. The lowest BCUT2D eigenvalue weighted by Crippen LogP contribution is -2.58. The second kappa shape index (κ2) is 15.4. The minimum atomic E-state index is -1.76. The largest absolute Gasteiger partial charge is 0.480 e. The standard InChI is InChI=1S/C18H32N10O8/c19-7(2-1-3-25-18(23)24)14(32)26-8(4-11(20)29)15(33)27-9(5-12(21)30)16(34)28-10(17(35)36)6-13(22)31/h7-10H,1-6,19H2,(H2,20,29)(H2,21,30)(H2,22,31)(H,26,32)(H,27,33)(H,28,34)(H,35,36)(H4,23,24,25). The Hall–Kier alpha value is -4.48. The van der Waals surface area contributed by atoms with Gasteiger partial charge in [0.1, 0.15) is 18.1 Å². The normalized spacial score (nSPS) is 13.7. The Kier molecular flexibility index (Phi) is 13.5. The number of guanidine groups is 1. The number of carboxylic acids is 1. The lowest BCUT2D eigenvalue weighted by Gasteiger charge is -2.24. The number of rotatable bonds is 17. The number of nitrogens with zero attached hydrogens (tertiary/aromatic N) is 1. The van der Waals surface area contributed by atoms with Crippen molar-refractivity contribution in [1.82, 2.24) is 16.0 Å². The van der Waals surface area contributed by atoms with E-state index in [1.165, 1.54) is 0 Å². The molecule has 202 valence electrons. The minimum absolute atomic E-state index is 0.108. The summed E-state index contributed by atoms with van der Waals surface area (Å²) in [6, 6.07) is -6.23. The smallest absolute Gasteiger partial charge is 0.326 e. The first-order valence-corrected chi connectivity index (χ1v) is 10.4. The molecule has 0 aliphatic carbocycles. The van der Waals surface area contributed by atoms with E-state index < -0.39 is 84.8 Å². The monoisotopic (exact) mass is 516 g/mol. The van der Waals surface area contributed by atoms with Crippen LogP contribution in [0.5, 0.6) is 0 Å². The number of nitrogens with two attached hydrogens (primary N) is 6. The van der Waals surface area contributed by atoms with Gasteiger partial charge in [-0.3, -0.25) is 33.8 Å². The number of aliphatic imine (C=N–C) groups is 1. The summed E-state index contributed by atoms with van der Waals surface area (Å²) in [4.78, 5) is 86.4. The number of hydrogen-bond acceptors (Lipinski definition) is 9. The van der Waals surface area contributed by atoms with Crippen LogP contribution in [0.3, 0.4) is 0 Å². The molecule has 0 aromatic carbocycles. The van der Waals surface area contributed by atoms with Crippen molar-refractivity contribution in [2.45, 2.75) is 56.3 Å². The number of amides is 6. The average Bonchev–Trinajstić information content (AvgIpc) is 2.73. The first-order chi connectivity index (χ1) is 16.6. The van der Waals surface area contributed by atoms with Gasteiger partial charge in [0.25, 0.3) is 0 Å². The molecule has 18 heteroatoms. The summed E-state index contributed by atoms with van der Waals surface area (Å²) in [6.07, 6.45) is -1.85. The molecule has 0 aliphatic rings. The van der Waals surface area contributed by atoms with Crippen molar-refractivity contribution in [2.24, 2.45) is 39.4 Å². The summed E-state index contributed by atoms with van der Waals surface area (Å²) in [5.41, 5.74) is 31.3. The number of carbonyl (C=O) groups is 7. The summed E-state index contributed by atoms with van der Waals surface area (Å²) < 4.78 is 0. The molecular formula is C18H32N10O8. The van der Waals surface area contributed by atoms with Crippen LogP contribution in [-0.2, 0) is 33.6 Å². The van der Waals surface area contributed by atoms with Crippen LogP contribution in [-0.4, -0.2) is 83.2 Å². The van der Waals surface area contributed by atoms with Crippen molar-refractivity contribution in [1.29, 1.82) is 0 Å². The van der Waals surface area contributed by atoms with Gasteiger partial charge in [-0.1, -0.05) is 0 Å². The van der Waals surface area contributed by atoms with E-state index in [9.17, 15) is 33.6 Å². The highest BCUT2D eigenvalue weighted by Gasteiger charge is 2.32. The van der Waals surface area contributed by atoms with Gasteiger partial charge in [-0.25, -0.2) is 4.79 Å². The number of hydrogen-bond donors (Lipinski definition) is 10. The molecule has 0 bridgehead atoms. The summed E-state index contributed by atoms with van der Waals surface area (Å²) >= 11 is 0. The van der Waals surface area contributed by atoms with Gasteiger partial charge in [0.05, 0.1) is 25.3 Å². The van der Waals surface area contributed by atoms with Gasteiger partial charge in [0, 0.05) is 6.54 Å². The molecule has 4 unspecified atom stereocenters. The van der Waals surface area contributed by atoms with Crippen LogP contribution in [0.1, 0.15) is 32.1 Å². The third-order valence-corrected chi connectivity index (χ3v) is 4.40. The molecule has 0 aromatic rings. The van der Waals surface area contributed by atoms with Crippen LogP contribution in [0.15, 0.2) is 4.99 Å². The zero-order valence-corrected chi connectivity index (χ0v) is 19.3. The lowest BCUT2D eigenvalue weighted by molar-refractivity contribution is -0.144. The SMILES string of the molecule is NC(=O)CC(NC(=O)C(CC(N)=O)NC(=O)C(CC(N)=O)NC(=O)C(N)CCCN=C(N)N)C(=O)O. The van der Waals surface area contributed by atoms with Gasteiger partial charge in [0.15, 0.2) is 5.96 Å². The Labute approximate surface area is 204 Å². The van der Waals surface area contributed by atoms with Crippen molar-refractivity contribution in [3.63, 3.8) is 0 Å². The minimum Gasteiger partial charge on any atom is -0.480 e. The predicted octanol–water partition coefficient (Wildman–Crippen LogP) is -6.47. The number of nitrogens with one attached hydrogen (secondary N) is 3. The topological polar surface area (TPSA) is 344 Å². The van der Waals surface area contributed by atoms with Crippen LogP contribution in [0, 0.1) is 0 Å². The molecule has 0 saturated carbocycles. The van der Waals surface area contributed by atoms with Gasteiger partial charge in [-0.05, 0) is 12.8 Å². The maximum absolute atomic E-state index is 12.7. The Morgan fingerprint density at radius 3 is 1.44 bits per heavy atom. The molecule has 6 amide bonds. The summed E-state index contributed by atoms with van der Waals surface area (Å²) in [7, 11) is 0. The van der Waals surface area contributed by atoms with E-state index in [0.29, 0.717) is 6.42 Å². The van der Waals surface area contributed by atoms with Crippen LogP contribution >= 0.6 is 0 Å². The van der Waals surface area contributed by atoms with Gasteiger partial charge >= 0.3 is 5.97 Å². The first-order valence-electron chi connectivity index (χ1n) is 10.4. The van der Waals surface area contributed by atoms with Crippen molar-refractivity contribution in [2.75, 3.05) is 6.54 Å². The van der Waals surface area contributed by atoms with Crippen LogP contribution < -0.4 is 50.4 Å². The molecule has 0 aliphatic heterocycles. The van der Waals surface area contributed by atoms with Crippen molar-refractivity contribution in [3.8, 4) is 0 Å². The van der Waals surface area contributed by atoms with Gasteiger partial charge in [-0.2, -0.15) is 0 Å². The molecular weight excluding hydrogens is 484 g/mol. The van der Waals surface area contributed by atoms with E-state index in [4.69, 9.17) is 39.5 Å². The van der Waals surface area contributed by atoms with E-state index in [-0.39, 0.29) is 18.9 Å². The Morgan fingerprint density at radius 2 is 1.06 bits per heavy atom. The fourth-order valence-corrected chi connectivity index (χ4v) is 2.70. The van der Waals surface area contributed by atoms with E-state index in [0.717, 1.165) is 0 Å². The molecule has 0 radical (unpaired) electrons. The molecule has 0 heterocycles. The molecule has 0 aromatic heterocycles. The van der Waals surface area contributed by atoms with Gasteiger partial charge in [0.2, 0.25) is 35.4 Å². The Morgan fingerprint density at radius 1 is 0.667 bits per heavy atom. The van der Waals surface area contributed by atoms with E-state index in [1.54, 1.807) is 0 Å². The van der Waals surface area contributed by atoms with Crippen molar-refractivity contribution < 1.29 is 38.7 Å².